The second-order valence-corrected chi connectivity index (χ2v) is 9.24. The van der Waals surface area contributed by atoms with E-state index in [-0.39, 0.29) is 28.9 Å². The Morgan fingerprint density at radius 2 is 1.70 bits per heavy atom. The van der Waals surface area contributed by atoms with E-state index in [0.717, 1.165) is 5.56 Å². The summed E-state index contributed by atoms with van der Waals surface area (Å²) >= 11 is 1.36. The van der Waals surface area contributed by atoms with Crippen molar-refractivity contribution >= 4 is 23.6 Å². The third-order valence-electron chi connectivity index (χ3n) is 4.52. The molecule has 0 saturated heterocycles. The van der Waals surface area contributed by atoms with Gasteiger partial charge in [0.1, 0.15) is 11.9 Å². The molecule has 0 aliphatic carbocycles. The predicted octanol–water partition coefficient (Wildman–Crippen LogP) is 4.78. The summed E-state index contributed by atoms with van der Waals surface area (Å²) in [5.74, 6) is 0.0299. The molecule has 2 aromatic carbocycles. The summed E-state index contributed by atoms with van der Waals surface area (Å²) in [6.07, 6.45) is 0.512. The maximum absolute atomic E-state index is 13.8. The number of halogens is 1. The lowest BCUT2D eigenvalue weighted by Crippen LogP contribution is -2.53. The summed E-state index contributed by atoms with van der Waals surface area (Å²) < 4.78 is 13.8. The average molecular weight is 431 g/mol. The van der Waals surface area contributed by atoms with E-state index in [2.05, 4.69) is 5.32 Å². The number of benzene rings is 2. The number of carbonyl (C=O) groups excluding carboxylic acids is 2. The number of nitrogens with one attached hydrogen (secondary N) is 1. The van der Waals surface area contributed by atoms with Crippen molar-refractivity contribution in [2.75, 3.05) is 5.75 Å². The Kier molecular flexibility index (Phi) is 8.90. The number of thioether (sulfide) groups is 1. The van der Waals surface area contributed by atoms with Crippen molar-refractivity contribution in [3.63, 3.8) is 0 Å². The Morgan fingerprint density at radius 1 is 1.07 bits per heavy atom. The summed E-state index contributed by atoms with van der Waals surface area (Å²) in [7, 11) is 0. The van der Waals surface area contributed by atoms with Gasteiger partial charge in [0.25, 0.3) is 0 Å². The van der Waals surface area contributed by atoms with Crippen LogP contribution in [0, 0.1) is 5.82 Å². The second-order valence-electron chi connectivity index (χ2n) is 8.25. The number of hydrogen-bond donors (Lipinski definition) is 1. The van der Waals surface area contributed by atoms with Crippen molar-refractivity contribution in [1.29, 1.82) is 0 Å². The largest absolute Gasteiger partial charge is 0.350 e. The fraction of sp³-hybridized carbons (Fsp3) is 0.417. The molecule has 2 aromatic rings. The molecule has 0 aliphatic rings. The maximum Gasteiger partial charge on any atom is 0.243 e. The first-order chi connectivity index (χ1) is 14.2. The van der Waals surface area contributed by atoms with Crippen LogP contribution in [0.2, 0.25) is 0 Å². The Balaban J connectivity index is 2.13. The Morgan fingerprint density at radius 3 is 2.30 bits per heavy atom. The summed E-state index contributed by atoms with van der Waals surface area (Å²) in [6, 6.07) is 15.7. The summed E-state index contributed by atoms with van der Waals surface area (Å²) in [5.41, 5.74) is 1.15. The van der Waals surface area contributed by atoms with Gasteiger partial charge < -0.3 is 10.2 Å². The summed E-state index contributed by atoms with van der Waals surface area (Å²) in [6.45, 7) is 8.03. The quantitative estimate of drug-likeness (QED) is 0.623. The van der Waals surface area contributed by atoms with Gasteiger partial charge in [-0.25, -0.2) is 4.39 Å². The molecule has 6 heteroatoms. The molecule has 1 N–H and O–H groups in total. The minimum Gasteiger partial charge on any atom is -0.350 e. The monoisotopic (exact) mass is 430 g/mol. The van der Waals surface area contributed by atoms with Gasteiger partial charge in [-0.1, -0.05) is 55.5 Å². The van der Waals surface area contributed by atoms with Gasteiger partial charge in [0.15, 0.2) is 0 Å². The van der Waals surface area contributed by atoms with E-state index >= 15 is 0 Å². The lowest BCUT2D eigenvalue weighted by Gasteiger charge is -2.33. The number of rotatable bonds is 9. The standard InChI is InChI=1S/C24H31FN2O2S/c1-5-21(23(29)26-24(2,3)4)27(15-18-11-7-6-8-12-18)22(28)17-30-16-19-13-9-10-14-20(19)25/h6-14,21H,5,15-17H2,1-4H3,(H,26,29)/t21-/m0/s1. The van der Waals surface area contributed by atoms with Gasteiger partial charge in [-0.3, -0.25) is 9.59 Å². The molecule has 162 valence electrons. The fourth-order valence-corrected chi connectivity index (χ4v) is 4.00. The van der Waals surface area contributed by atoms with Gasteiger partial charge in [-0.05, 0) is 44.4 Å². The number of carbonyl (C=O) groups is 2. The molecule has 0 aromatic heterocycles. The Labute approximate surface area is 183 Å². The molecule has 2 rings (SSSR count). The van der Waals surface area contributed by atoms with E-state index < -0.39 is 6.04 Å². The van der Waals surface area contributed by atoms with Crippen molar-refractivity contribution < 1.29 is 14.0 Å². The van der Waals surface area contributed by atoms with Crippen LogP contribution in [-0.2, 0) is 21.9 Å². The van der Waals surface area contributed by atoms with Crippen molar-refractivity contribution in [3.8, 4) is 0 Å². The molecular weight excluding hydrogens is 399 g/mol. The zero-order chi connectivity index (χ0) is 22.1. The zero-order valence-corrected chi connectivity index (χ0v) is 19.0. The van der Waals surface area contributed by atoms with Crippen LogP contribution in [0.1, 0.15) is 45.2 Å². The van der Waals surface area contributed by atoms with Gasteiger partial charge in [0.2, 0.25) is 11.8 Å². The Hall–Kier alpha value is -2.34. The van der Waals surface area contributed by atoms with Gasteiger partial charge >= 0.3 is 0 Å². The molecule has 30 heavy (non-hydrogen) atoms. The third-order valence-corrected chi connectivity index (χ3v) is 5.49. The predicted molar refractivity (Wildman–Crippen MR) is 122 cm³/mol. The van der Waals surface area contributed by atoms with Crippen LogP contribution in [0.4, 0.5) is 4.39 Å². The van der Waals surface area contributed by atoms with E-state index in [4.69, 9.17) is 0 Å². The molecule has 0 heterocycles. The number of amides is 2. The van der Waals surface area contributed by atoms with Crippen molar-refractivity contribution in [1.82, 2.24) is 10.2 Å². The summed E-state index contributed by atoms with van der Waals surface area (Å²) in [5, 5.41) is 2.99. The van der Waals surface area contributed by atoms with Crippen LogP contribution < -0.4 is 5.32 Å². The molecule has 1 atom stereocenters. The first-order valence-corrected chi connectivity index (χ1v) is 11.3. The first-order valence-electron chi connectivity index (χ1n) is 10.2. The van der Waals surface area contributed by atoms with Crippen molar-refractivity contribution in [2.45, 2.75) is 58.0 Å². The molecule has 0 spiro atoms. The zero-order valence-electron chi connectivity index (χ0n) is 18.2. The van der Waals surface area contributed by atoms with Crippen LogP contribution in [-0.4, -0.2) is 34.0 Å². The minimum atomic E-state index is -0.564. The van der Waals surface area contributed by atoms with E-state index in [0.29, 0.717) is 24.3 Å². The van der Waals surface area contributed by atoms with E-state index in [1.807, 2.05) is 58.0 Å². The van der Waals surface area contributed by atoms with Crippen molar-refractivity contribution in [3.05, 3.63) is 71.5 Å². The molecular formula is C24H31FN2O2S. The molecule has 0 bridgehead atoms. The molecule has 0 unspecified atom stereocenters. The number of nitrogens with zero attached hydrogens (tertiary/aromatic N) is 1. The molecule has 0 saturated carbocycles. The molecule has 4 nitrogen and oxygen atoms in total. The third kappa shape index (κ3) is 7.48. The molecule has 0 fully saturated rings. The van der Waals surface area contributed by atoms with Crippen LogP contribution in [0.5, 0.6) is 0 Å². The van der Waals surface area contributed by atoms with Crippen LogP contribution >= 0.6 is 11.8 Å². The van der Waals surface area contributed by atoms with Gasteiger partial charge in [0.05, 0.1) is 5.75 Å². The van der Waals surface area contributed by atoms with E-state index in [1.54, 1.807) is 23.1 Å². The fourth-order valence-electron chi connectivity index (χ4n) is 3.10. The van der Waals surface area contributed by atoms with Crippen LogP contribution in [0.15, 0.2) is 54.6 Å². The topological polar surface area (TPSA) is 49.4 Å². The van der Waals surface area contributed by atoms with E-state index in [1.165, 1.54) is 17.8 Å². The highest BCUT2D eigenvalue weighted by Crippen LogP contribution is 2.19. The SMILES string of the molecule is CC[C@@H](C(=O)NC(C)(C)C)N(Cc1ccccc1)C(=O)CSCc1ccccc1F. The van der Waals surface area contributed by atoms with E-state index in [9.17, 15) is 14.0 Å². The van der Waals surface area contributed by atoms with Crippen LogP contribution in [0.3, 0.4) is 0 Å². The highest BCUT2D eigenvalue weighted by atomic mass is 32.2. The molecule has 0 radical (unpaired) electrons. The summed E-state index contributed by atoms with van der Waals surface area (Å²) in [4.78, 5) is 27.7. The average Bonchev–Trinajstić information content (AvgIpc) is 2.68. The lowest BCUT2D eigenvalue weighted by atomic mass is 10.1. The molecule has 0 aliphatic heterocycles. The smallest absolute Gasteiger partial charge is 0.243 e. The highest BCUT2D eigenvalue weighted by Gasteiger charge is 2.30. The van der Waals surface area contributed by atoms with Crippen molar-refractivity contribution in [2.24, 2.45) is 0 Å². The maximum atomic E-state index is 13.8. The second kappa shape index (κ2) is 11.2. The normalized spacial score (nSPS) is 12.3. The number of hydrogen-bond acceptors (Lipinski definition) is 3. The van der Waals surface area contributed by atoms with Gasteiger partial charge in [-0.2, -0.15) is 0 Å². The lowest BCUT2D eigenvalue weighted by molar-refractivity contribution is -0.140. The minimum absolute atomic E-state index is 0.129. The van der Waals surface area contributed by atoms with Crippen LogP contribution in [0.25, 0.3) is 0 Å². The van der Waals surface area contributed by atoms with Gasteiger partial charge in [0, 0.05) is 17.8 Å². The van der Waals surface area contributed by atoms with Gasteiger partial charge in [-0.15, -0.1) is 11.8 Å². The molecule has 2 amide bonds. The first kappa shape index (κ1) is 23.9. The Bertz CT molecular complexity index is 837. The highest BCUT2D eigenvalue weighted by molar-refractivity contribution is 7.99.